The molecule has 0 radical (unpaired) electrons. The standard InChI is InChI=1S/C17H33N3/c18-14-17(8-3-1-2-4-9-17)15-19-12-7-16(13-19)20-10-5-6-11-20/h16H,1-15,18H2. The third kappa shape index (κ3) is 3.37. The predicted molar refractivity (Wildman–Crippen MR) is 84.8 cm³/mol. The molecule has 0 aromatic heterocycles. The third-order valence-corrected chi connectivity index (χ3v) is 6.06. The fourth-order valence-corrected chi connectivity index (χ4v) is 4.74. The Balaban J connectivity index is 1.54. The number of hydrogen-bond acceptors (Lipinski definition) is 3. The molecule has 1 unspecified atom stereocenters. The zero-order valence-electron chi connectivity index (χ0n) is 13.2. The van der Waals surface area contributed by atoms with Crippen molar-refractivity contribution in [1.29, 1.82) is 0 Å². The van der Waals surface area contributed by atoms with Crippen molar-refractivity contribution < 1.29 is 0 Å². The summed E-state index contributed by atoms with van der Waals surface area (Å²) >= 11 is 0. The van der Waals surface area contributed by atoms with Crippen LogP contribution >= 0.6 is 0 Å². The summed E-state index contributed by atoms with van der Waals surface area (Å²) in [5.74, 6) is 0. The van der Waals surface area contributed by atoms with Crippen LogP contribution in [0.4, 0.5) is 0 Å². The molecule has 2 N–H and O–H groups in total. The molecule has 1 aliphatic carbocycles. The van der Waals surface area contributed by atoms with Crippen LogP contribution in [0, 0.1) is 5.41 Å². The average Bonchev–Trinajstić information content (AvgIpc) is 3.08. The summed E-state index contributed by atoms with van der Waals surface area (Å²) in [7, 11) is 0. The largest absolute Gasteiger partial charge is 0.330 e. The predicted octanol–water partition coefficient (Wildman–Crippen LogP) is 2.46. The summed E-state index contributed by atoms with van der Waals surface area (Å²) in [4.78, 5) is 5.48. The van der Waals surface area contributed by atoms with Crippen LogP contribution in [-0.4, -0.2) is 55.1 Å². The summed E-state index contributed by atoms with van der Waals surface area (Å²) in [5.41, 5.74) is 6.65. The van der Waals surface area contributed by atoms with E-state index in [4.69, 9.17) is 5.73 Å². The Labute approximate surface area is 124 Å². The van der Waals surface area contributed by atoms with Crippen LogP contribution in [0.25, 0.3) is 0 Å². The summed E-state index contributed by atoms with van der Waals surface area (Å²) in [6.45, 7) is 7.48. The highest BCUT2D eigenvalue weighted by Crippen LogP contribution is 2.36. The van der Waals surface area contributed by atoms with Crippen molar-refractivity contribution in [3.8, 4) is 0 Å². The van der Waals surface area contributed by atoms with Crippen LogP contribution in [0.15, 0.2) is 0 Å². The van der Waals surface area contributed by atoms with Crippen molar-refractivity contribution in [2.75, 3.05) is 39.3 Å². The van der Waals surface area contributed by atoms with Gasteiger partial charge in [0, 0.05) is 19.1 Å². The highest BCUT2D eigenvalue weighted by Gasteiger charge is 2.35. The Hall–Kier alpha value is -0.120. The van der Waals surface area contributed by atoms with Gasteiger partial charge in [-0.15, -0.1) is 0 Å². The van der Waals surface area contributed by atoms with Crippen LogP contribution in [0.5, 0.6) is 0 Å². The highest BCUT2D eigenvalue weighted by molar-refractivity contribution is 4.91. The van der Waals surface area contributed by atoms with Crippen molar-refractivity contribution >= 4 is 0 Å². The van der Waals surface area contributed by atoms with Gasteiger partial charge < -0.3 is 10.6 Å². The maximum absolute atomic E-state index is 6.21. The lowest BCUT2D eigenvalue weighted by Crippen LogP contribution is -2.43. The minimum Gasteiger partial charge on any atom is -0.330 e. The van der Waals surface area contributed by atoms with E-state index in [2.05, 4.69) is 9.80 Å². The fourth-order valence-electron chi connectivity index (χ4n) is 4.74. The number of likely N-dealkylation sites (tertiary alicyclic amines) is 2. The van der Waals surface area contributed by atoms with E-state index >= 15 is 0 Å². The van der Waals surface area contributed by atoms with Crippen LogP contribution < -0.4 is 5.73 Å². The van der Waals surface area contributed by atoms with Gasteiger partial charge in [0.1, 0.15) is 0 Å². The van der Waals surface area contributed by atoms with Crippen molar-refractivity contribution in [2.24, 2.45) is 11.1 Å². The van der Waals surface area contributed by atoms with E-state index in [0.29, 0.717) is 5.41 Å². The van der Waals surface area contributed by atoms with Crippen molar-refractivity contribution in [2.45, 2.75) is 63.8 Å². The second-order valence-corrected chi connectivity index (χ2v) is 7.54. The quantitative estimate of drug-likeness (QED) is 0.802. The normalized spacial score (nSPS) is 32.5. The topological polar surface area (TPSA) is 32.5 Å². The van der Waals surface area contributed by atoms with E-state index in [-0.39, 0.29) is 0 Å². The van der Waals surface area contributed by atoms with E-state index in [1.54, 1.807) is 0 Å². The van der Waals surface area contributed by atoms with Crippen molar-refractivity contribution in [3.05, 3.63) is 0 Å². The first-order valence-electron chi connectivity index (χ1n) is 8.98. The van der Waals surface area contributed by atoms with Gasteiger partial charge in [-0.2, -0.15) is 0 Å². The molecule has 1 saturated carbocycles. The molecule has 0 bridgehead atoms. The van der Waals surface area contributed by atoms with E-state index in [1.807, 2.05) is 0 Å². The van der Waals surface area contributed by atoms with Crippen molar-refractivity contribution in [3.63, 3.8) is 0 Å². The smallest absolute Gasteiger partial charge is 0.0235 e. The molecule has 2 aliphatic heterocycles. The molecule has 0 spiro atoms. The molecule has 3 rings (SSSR count). The fraction of sp³-hybridized carbons (Fsp3) is 1.00. The molecule has 2 saturated heterocycles. The molecule has 0 amide bonds. The molecule has 3 nitrogen and oxygen atoms in total. The van der Waals surface area contributed by atoms with Gasteiger partial charge in [0.15, 0.2) is 0 Å². The molecule has 3 fully saturated rings. The number of hydrogen-bond donors (Lipinski definition) is 1. The SMILES string of the molecule is NCC1(CN2CCC(N3CCCC3)C2)CCCCCC1. The van der Waals surface area contributed by atoms with Gasteiger partial charge in [0.25, 0.3) is 0 Å². The lowest BCUT2D eigenvalue weighted by Gasteiger charge is -2.36. The van der Waals surface area contributed by atoms with E-state index in [1.165, 1.54) is 90.5 Å². The third-order valence-electron chi connectivity index (χ3n) is 6.06. The molecule has 2 heterocycles. The van der Waals surface area contributed by atoms with Crippen LogP contribution in [-0.2, 0) is 0 Å². The average molecular weight is 279 g/mol. The van der Waals surface area contributed by atoms with Gasteiger partial charge in [-0.3, -0.25) is 4.90 Å². The maximum atomic E-state index is 6.21. The Bertz CT molecular complexity index is 291. The molecule has 20 heavy (non-hydrogen) atoms. The maximum Gasteiger partial charge on any atom is 0.0235 e. The summed E-state index contributed by atoms with van der Waals surface area (Å²) in [6, 6.07) is 0.845. The van der Waals surface area contributed by atoms with Crippen molar-refractivity contribution in [1.82, 2.24) is 9.80 Å². The minimum absolute atomic E-state index is 0.441. The summed E-state index contributed by atoms with van der Waals surface area (Å²) in [6.07, 6.45) is 12.6. The summed E-state index contributed by atoms with van der Waals surface area (Å²) < 4.78 is 0. The van der Waals surface area contributed by atoms with Crippen LogP contribution in [0.3, 0.4) is 0 Å². The Morgan fingerprint density at radius 2 is 1.60 bits per heavy atom. The number of nitrogens with two attached hydrogens (primary N) is 1. The minimum atomic E-state index is 0.441. The van der Waals surface area contributed by atoms with Crippen LogP contribution in [0.1, 0.15) is 57.8 Å². The monoisotopic (exact) mass is 279 g/mol. The molecule has 0 aromatic rings. The van der Waals surface area contributed by atoms with Gasteiger partial charge >= 0.3 is 0 Å². The summed E-state index contributed by atoms with van der Waals surface area (Å²) in [5, 5.41) is 0. The second kappa shape index (κ2) is 6.76. The first kappa shape index (κ1) is 14.8. The second-order valence-electron chi connectivity index (χ2n) is 7.54. The first-order valence-corrected chi connectivity index (χ1v) is 8.98. The van der Waals surface area contributed by atoms with Crippen LogP contribution in [0.2, 0.25) is 0 Å². The zero-order valence-corrected chi connectivity index (χ0v) is 13.2. The molecule has 3 heteroatoms. The molecular formula is C17H33N3. The Kier molecular flexibility index (Phi) is 5.00. The van der Waals surface area contributed by atoms with E-state index in [0.717, 1.165) is 12.6 Å². The van der Waals surface area contributed by atoms with Gasteiger partial charge in [-0.25, -0.2) is 0 Å². The van der Waals surface area contributed by atoms with Gasteiger partial charge in [-0.05, 0) is 63.7 Å². The molecule has 0 aromatic carbocycles. The molecule has 3 aliphatic rings. The Morgan fingerprint density at radius 3 is 2.25 bits per heavy atom. The number of nitrogens with zero attached hydrogens (tertiary/aromatic N) is 2. The molecule has 116 valence electrons. The lowest BCUT2D eigenvalue weighted by atomic mass is 9.80. The van der Waals surface area contributed by atoms with E-state index in [9.17, 15) is 0 Å². The zero-order chi connectivity index (χ0) is 13.8. The van der Waals surface area contributed by atoms with Gasteiger partial charge in [-0.1, -0.05) is 25.7 Å². The Morgan fingerprint density at radius 1 is 0.900 bits per heavy atom. The lowest BCUT2D eigenvalue weighted by molar-refractivity contribution is 0.146. The first-order chi connectivity index (χ1) is 9.81. The van der Waals surface area contributed by atoms with Gasteiger partial charge in [0.05, 0.1) is 0 Å². The molecular weight excluding hydrogens is 246 g/mol. The molecule has 1 atom stereocenters. The highest BCUT2D eigenvalue weighted by atomic mass is 15.3. The number of rotatable bonds is 4. The van der Waals surface area contributed by atoms with E-state index < -0.39 is 0 Å². The van der Waals surface area contributed by atoms with Gasteiger partial charge in [0.2, 0.25) is 0 Å².